The molecule has 4 rings (SSSR count). The van der Waals surface area contributed by atoms with E-state index >= 15 is 0 Å². The van der Waals surface area contributed by atoms with Gasteiger partial charge in [0, 0.05) is 30.1 Å². The van der Waals surface area contributed by atoms with Crippen molar-refractivity contribution in [2.75, 3.05) is 6.54 Å². The molecule has 1 spiro atoms. The number of carboxylic acids is 1. The van der Waals surface area contributed by atoms with Gasteiger partial charge in [0.2, 0.25) is 0 Å². The molecule has 1 atom stereocenters. The smallest absolute Gasteiger partial charge is 0.550 e. The Bertz CT molecular complexity index is 1310. The molecule has 0 unspecified atom stereocenters. The molecule has 42 heavy (non-hydrogen) atoms. The maximum atomic E-state index is 14.1. The number of nitrogens with zero attached hydrogens (tertiary/aromatic N) is 2. The van der Waals surface area contributed by atoms with Crippen molar-refractivity contribution in [1.82, 2.24) is 10.2 Å². The molecular weight excluding hydrogens is 558 g/mol. The van der Waals surface area contributed by atoms with Crippen molar-refractivity contribution in [3.05, 3.63) is 70.8 Å². The van der Waals surface area contributed by atoms with Gasteiger partial charge in [-0.3, -0.25) is 14.6 Å². The molecule has 220 valence electrons. The number of nitrogens with one attached hydrogen (secondary N) is 1. The minimum absolute atomic E-state index is 0. The number of carbonyl (C=O) groups is 3. The van der Waals surface area contributed by atoms with Gasteiger partial charge in [-0.15, -0.1) is 0 Å². The Morgan fingerprint density at radius 2 is 1.79 bits per heavy atom. The zero-order valence-corrected chi connectivity index (χ0v) is 26.3. The summed E-state index contributed by atoms with van der Waals surface area (Å²) in [6, 6.07) is 11.2. The number of aliphatic imine (C=N–C) groups is 1. The van der Waals surface area contributed by atoms with Gasteiger partial charge in [0.25, 0.3) is 11.8 Å². The van der Waals surface area contributed by atoms with Crippen molar-refractivity contribution < 1.29 is 62.2 Å². The van der Waals surface area contributed by atoms with Crippen LogP contribution in [0.15, 0.2) is 53.5 Å². The SMILES string of the molecule is CCC[C@H](c1ccc(C(=O)NCCC(=O)[O-])cc1)N1C(=O)C(c2cccc(C(F)(F)F)c2)=NC12CCC(CC)CC2.[Na+]. The zero-order valence-electron chi connectivity index (χ0n) is 24.3. The summed E-state index contributed by atoms with van der Waals surface area (Å²) in [5.41, 5.74) is -0.337. The van der Waals surface area contributed by atoms with E-state index in [4.69, 9.17) is 4.99 Å². The van der Waals surface area contributed by atoms with E-state index < -0.39 is 35.3 Å². The molecule has 11 heteroatoms. The fourth-order valence-electron chi connectivity index (χ4n) is 5.93. The molecule has 1 N–H and O–H groups in total. The molecule has 1 heterocycles. The van der Waals surface area contributed by atoms with Crippen molar-refractivity contribution in [3.63, 3.8) is 0 Å². The number of amides is 2. The first-order valence-electron chi connectivity index (χ1n) is 14.2. The Hall–Kier alpha value is -2.69. The van der Waals surface area contributed by atoms with Crippen LogP contribution in [0.3, 0.4) is 0 Å². The number of carbonyl (C=O) groups excluding carboxylic acids is 3. The molecule has 2 aromatic rings. The van der Waals surface area contributed by atoms with Crippen LogP contribution in [0.2, 0.25) is 0 Å². The summed E-state index contributed by atoms with van der Waals surface area (Å²) in [6.07, 6.45) is 0.496. The van der Waals surface area contributed by atoms with Crippen molar-refractivity contribution in [2.24, 2.45) is 10.9 Å². The van der Waals surface area contributed by atoms with E-state index in [0.717, 1.165) is 43.4 Å². The molecule has 0 bridgehead atoms. The van der Waals surface area contributed by atoms with Gasteiger partial charge in [-0.2, -0.15) is 13.2 Å². The molecule has 7 nitrogen and oxygen atoms in total. The summed E-state index contributed by atoms with van der Waals surface area (Å²) in [4.78, 5) is 43.9. The number of hydrogen-bond donors (Lipinski definition) is 1. The Balaban J connectivity index is 0.00000484. The Labute approximate surface area is 266 Å². The average molecular weight is 594 g/mol. The summed E-state index contributed by atoms with van der Waals surface area (Å²) < 4.78 is 40.5. The first-order valence-corrected chi connectivity index (χ1v) is 14.2. The van der Waals surface area contributed by atoms with Crippen molar-refractivity contribution in [1.29, 1.82) is 0 Å². The number of aliphatic carboxylic acids is 1. The number of benzene rings is 2. The van der Waals surface area contributed by atoms with Gasteiger partial charge < -0.3 is 20.1 Å². The van der Waals surface area contributed by atoms with Gasteiger partial charge >= 0.3 is 35.7 Å². The summed E-state index contributed by atoms with van der Waals surface area (Å²) in [7, 11) is 0. The summed E-state index contributed by atoms with van der Waals surface area (Å²) in [6.45, 7) is 4.08. The second kappa shape index (κ2) is 14.2. The van der Waals surface area contributed by atoms with E-state index in [0.29, 0.717) is 30.7 Å². The normalized spacial score (nSPS) is 21.1. The van der Waals surface area contributed by atoms with E-state index in [-0.39, 0.29) is 59.7 Å². The van der Waals surface area contributed by atoms with Crippen LogP contribution in [-0.4, -0.2) is 40.6 Å². The number of halogens is 3. The van der Waals surface area contributed by atoms with E-state index in [2.05, 4.69) is 12.2 Å². The minimum atomic E-state index is -4.54. The van der Waals surface area contributed by atoms with Crippen LogP contribution in [0, 0.1) is 5.92 Å². The molecule has 2 amide bonds. The molecular formula is C31H35F3N3NaO4. The first kappa shape index (κ1) is 33.8. The van der Waals surface area contributed by atoms with E-state index in [9.17, 15) is 32.7 Å². The minimum Gasteiger partial charge on any atom is -0.550 e. The number of carboxylic acid groups (broad SMARTS) is 1. The van der Waals surface area contributed by atoms with Gasteiger partial charge in [-0.1, -0.05) is 51.0 Å². The molecule has 1 aliphatic carbocycles. The van der Waals surface area contributed by atoms with E-state index in [1.165, 1.54) is 12.1 Å². The van der Waals surface area contributed by atoms with Gasteiger partial charge in [-0.05, 0) is 67.9 Å². The quantitative estimate of drug-likeness (QED) is 0.426. The van der Waals surface area contributed by atoms with Crippen LogP contribution < -0.4 is 40.0 Å². The third-order valence-corrected chi connectivity index (χ3v) is 8.18. The first-order chi connectivity index (χ1) is 19.5. The van der Waals surface area contributed by atoms with Crippen molar-refractivity contribution >= 4 is 23.5 Å². The molecule has 1 saturated carbocycles. The van der Waals surface area contributed by atoms with Crippen LogP contribution in [-0.2, 0) is 15.8 Å². The van der Waals surface area contributed by atoms with E-state index in [1.807, 2.05) is 6.92 Å². The number of hydrogen-bond acceptors (Lipinski definition) is 5. The summed E-state index contributed by atoms with van der Waals surface area (Å²) in [5.74, 6) is -1.56. The number of rotatable bonds is 10. The summed E-state index contributed by atoms with van der Waals surface area (Å²) in [5, 5.41) is 13.2. The molecule has 0 radical (unpaired) electrons. The predicted molar refractivity (Wildman–Crippen MR) is 146 cm³/mol. The van der Waals surface area contributed by atoms with Crippen LogP contribution in [0.5, 0.6) is 0 Å². The standard InChI is InChI=1S/C31H36F3N3O4.Na/c1-3-6-25(21-9-11-22(12-10-21)28(40)35-18-15-26(38)39)37-29(41)27(23-7-5-8-24(19-23)31(32,33)34)36-30(37)16-13-20(4-2)14-17-30;/h5,7-12,19-20,25H,3-4,6,13-18H2,1-2H3,(H,35,40)(H,38,39);/q;+1/p-1/t20?,25-,30?;/m1./s1. The molecule has 1 fully saturated rings. The monoisotopic (exact) mass is 593 g/mol. The van der Waals surface area contributed by atoms with Crippen LogP contribution in [0.1, 0.15) is 98.3 Å². The molecule has 0 aromatic heterocycles. The van der Waals surface area contributed by atoms with E-state index in [1.54, 1.807) is 29.2 Å². The molecule has 0 saturated heterocycles. The Morgan fingerprint density at radius 3 is 2.36 bits per heavy atom. The second-order valence-electron chi connectivity index (χ2n) is 10.9. The van der Waals surface area contributed by atoms with Crippen molar-refractivity contribution in [2.45, 2.75) is 83.1 Å². The average Bonchev–Trinajstić information content (AvgIpc) is 3.22. The third-order valence-electron chi connectivity index (χ3n) is 8.18. The van der Waals surface area contributed by atoms with Crippen LogP contribution in [0.25, 0.3) is 0 Å². The third kappa shape index (κ3) is 7.44. The summed E-state index contributed by atoms with van der Waals surface area (Å²) >= 11 is 0. The molecule has 1 aliphatic heterocycles. The fourth-order valence-corrected chi connectivity index (χ4v) is 5.93. The maximum absolute atomic E-state index is 14.1. The molecule has 2 aliphatic rings. The Morgan fingerprint density at radius 1 is 1.12 bits per heavy atom. The maximum Gasteiger partial charge on any atom is 1.00 e. The van der Waals surface area contributed by atoms with Crippen molar-refractivity contribution in [3.8, 4) is 0 Å². The zero-order chi connectivity index (χ0) is 29.8. The molecule has 2 aromatic carbocycles. The predicted octanol–water partition coefficient (Wildman–Crippen LogP) is 2.05. The number of alkyl halides is 3. The fraction of sp³-hybridized carbons (Fsp3) is 0.484. The van der Waals surface area contributed by atoms with Gasteiger partial charge in [0.05, 0.1) is 11.6 Å². The topological polar surface area (TPSA) is 102 Å². The van der Waals surface area contributed by atoms with Gasteiger partial charge in [0.15, 0.2) is 0 Å². The largest absolute Gasteiger partial charge is 1.00 e. The van der Waals surface area contributed by atoms with Gasteiger partial charge in [-0.25, -0.2) is 0 Å². The van der Waals surface area contributed by atoms with Crippen LogP contribution >= 0.6 is 0 Å². The Kier molecular flexibility index (Phi) is 11.4. The van der Waals surface area contributed by atoms with Gasteiger partial charge in [0.1, 0.15) is 11.4 Å². The van der Waals surface area contributed by atoms with Crippen LogP contribution in [0.4, 0.5) is 13.2 Å². The second-order valence-corrected chi connectivity index (χ2v) is 10.9.